The highest BCUT2D eigenvalue weighted by Gasteiger charge is 2.18. The fraction of sp³-hybridized carbons (Fsp3) is 0.487. The second-order valence-corrected chi connectivity index (χ2v) is 12.3. The van der Waals surface area contributed by atoms with Gasteiger partial charge < -0.3 is 0 Å². The predicted octanol–water partition coefficient (Wildman–Crippen LogP) is 12.9. The fourth-order valence-electron chi connectivity index (χ4n) is 6.33. The van der Waals surface area contributed by atoms with Crippen molar-refractivity contribution < 1.29 is 13.2 Å². The van der Waals surface area contributed by atoms with E-state index < -0.39 is 11.6 Å². The Balaban J connectivity index is 1.35. The normalized spacial score (nSPS) is 15.2. The summed E-state index contributed by atoms with van der Waals surface area (Å²) in [5.41, 5.74) is 4.73. The van der Waals surface area contributed by atoms with Gasteiger partial charge in [-0.25, -0.2) is 13.2 Å². The summed E-state index contributed by atoms with van der Waals surface area (Å²) in [5, 5.41) is 0. The summed E-state index contributed by atoms with van der Waals surface area (Å²) in [6, 6.07) is 16.0. The monoisotopic (exact) mass is 574 g/mol. The average Bonchev–Trinajstić information content (AvgIpc) is 3.01. The van der Waals surface area contributed by atoms with Gasteiger partial charge in [0.1, 0.15) is 5.82 Å². The van der Waals surface area contributed by atoms with Crippen LogP contribution in [0.15, 0.2) is 60.7 Å². The molecule has 1 unspecified atom stereocenters. The van der Waals surface area contributed by atoms with Gasteiger partial charge in [0.05, 0.1) is 0 Å². The SMILES string of the molecule is CCCCCCCCCCc1ccc(-c2ccc(-c3ccc(C4=CCC(CCCCC)CC4)cc3F)cc2)c(F)c1F. The van der Waals surface area contributed by atoms with Crippen molar-refractivity contribution in [2.75, 3.05) is 0 Å². The van der Waals surface area contributed by atoms with Crippen LogP contribution >= 0.6 is 0 Å². The summed E-state index contributed by atoms with van der Waals surface area (Å²) in [6.45, 7) is 4.45. The molecule has 0 amide bonds. The molecule has 0 saturated carbocycles. The first-order valence-electron chi connectivity index (χ1n) is 16.6. The molecule has 3 heteroatoms. The number of benzene rings is 3. The molecule has 42 heavy (non-hydrogen) atoms. The molecule has 1 aliphatic rings. The highest BCUT2D eigenvalue weighted by atomic mass is 19.2. The third-order valence-electron chi connectivity index (χ3n) is 9.04. The van der Waals surface area contributed by atoms with Gasteiger partial charge in [-0.3, -0.25) is 0 Å². The molecule has 0 fully saturated rings. The molecule has 0 spiro atoms. The highest BCUT2D eigenvalue weighted by Crippen LogP contribution is 2.35. The Morgan fingerprint density at radius 3 is 1.86 bits per heavy atom. The van der Waals surface area contributed by atoms with E-state index in [4.69, 9.17) is 0 Å². The Labute approximate surface area is 252 Å². The number of rotatable bonds is 16. The minimum Gasteiger partial charge on any atom is -0.206 e. The zero-order valence-electron chi connectivity index (χ0n) is 25.8. The maximum Gasteiger partial charge on any atom is 0.166 e. The Morgan fingerprint density at radius 1 is 0.619 bits per heavy atom. The first-order valence-corrected chi connectivity index (χ1v) is 16.6. The lowest BCUT2D eigenvalue weighted by molar-refractivity contribution is 0.428. The molecule has 0 radical (unpaired) electrons. The predicted molar refractivity (Wildman–Crippen MR) is 173 cm³/mol. The maximum absolute atomic E-state index is 15.2. The van der Waals surface area contributed by atoms with Crippen LogP contribution < -0.4 is 0 Å². The van der Waals surface area contributed by atoms with Crippen LogP contribution in [0.25, 0.3) is 27.8 Å². The molecule has 0 heterocycles. The minimum absolute atomic E-state index is 0.242. The van der Waals surface area contributed by atoms with Gasteiger partial charge in [-0.1, -0.05) is 139 Å². The topological polar surface area (TPSA) is 0 Å². The van der Waals surface area contributed by atoms with Crippen LogP contribution in [0.5, 0.6) is 0 Å². The summed E-state index contributed by atoms with van der Waals surface area (Å²) in [7, 11) is 0. The molecule has 0 nitrogen and oxygen atoms in total. The number of hydrogen-bond donors (Lipinski definition) is 0. The summed E-state index contributed by atoms with van der Waals surface area (Å²) < 4.78 is 45.2. The van der Waals surface area contributed by atoms with Gasteiger partial charge in [0.2, 0.25) is 0 Å². The van der Waals surface area contributed by atoms with Crippen molar-refractivity contribution in [3.05, 3.63) is 89.3 Å². The van der Waals surface area contributed by atoms with Crippen LogP contribution in [-0.2, 0) is 6.42 Å². The van der Waals surface area contributed by atoms with Gasteiger partial charge in [-0.15, -0.1) is 0 Å². The lowest BCUT2D eigenvalue weighted by Crippen LogP contribution is -2.05. The van der Waals surface area contributed by atoms with Crippen molar-refractivity contribution in [3.63, 3.8) is 0 Å². The third kappa shape index (κ3) is 8.85. The molecule has 1 atom stereocenters. The van der Waals surface area contributed by atoms with Gasteiger partial charge >= 0.3 is 0 Å². The molecule has 4 rings (SSSR count). The molecule has 3 aromatic carbocycles. The van der Waals surface area contributed by atoms with Crippen LogP contribution in [0.4, 0.5) is 13.2 Å². The van der Waals surface area contributed by atoms with E-state index >= 15 is 8.78 Å². The van der Waals surface area contributed by atoms with E-state index in [-0.39, 0.29) is 11.4 Å². The van der Waals surface area contributed by atoms with Gasteiger partial charge in [0, 0.05) is 11.1 Å². The quantitative estimate of drug-likeness (QED) is 0.149. The van der Waals surface area contributed by atoms with Crippen molar-refractivity contribution in [2.24, 2.45) is 5.92 Å². The van der Waals surface area contributed by atoms with E-state index in [2.05, 4.69) is 19.9 Å². The van der Waals surface area contributed by atoms with Crippen LogP contribution in [-0.4, -0.2) is 0 Å². The van der Waals surface area contributed by atoms with Crippen LogP contribution in [0, 0.1) is 23.4 Å². The Morgan fingerprint density at radius 2 is 1.21 bits per heavy atom. The van der Waals surface area contributed by atoms with Crippen molar-refractivity contribution >= 4 is 5.57 Å². The van der Waals surface area contributed by atoms with Crippen molar-refractivity contribution in [1.29, 1.82) is 0 Å². The number of halogens is 3. The number of allylic oxidation sites excluding steroid dienone is 2. The second kappa shape index (κ2) is 16.7. The Hall–Kier alpha value is -2.81. The van der Waals surface area contributed by atoms with Gasteiger partial charge in [-0.2, -0.15) is 0 Å². The number of hydrogen-bond acceptors (Lipinski definition) is 0. The Kier molecular flexibility index (Phi) is 12.8. The molecule has 0 N–H and O–H groups in total. The molecule has 0 aromatic heterocycles. The second-order valence-electron chi connectivity index (χ2n) is 12.3. The van der Waals surface area contributed by atoms with E-state index in [9.17, 15) is 4.39 Å². The summed E-state index contributed by atoms with van der Waals surface area (Å²) in [5.74, 6) is -1.05. The molecule has 0 aliphatic heterocycles. The molecule has 0 saturated heterocycles. The van der Waals surface area contributed by atoms with Gasteiger partial charge in [0.25, 0.3) is 0 Å². The maximum atomic E-state index is 15.2. The smallest absolute Gasteiger partial charge is 0.166 e. The van der Waals surface area contributed by atoms with Crippen molar-refractivity contribution in [2.45, 2.75) is 117 Å². The van der Waals surface area contributed by atoms with E-state index in [0.717, 1.165) is 49.1 Å². The van der Waals surface area contributed by atoms with Crippen LogP contribution in [0.2, 0.25) is 0 Å². The van der Waals surface area contributed by atoms with E-state index in [0.29, 0.717) is 23.1 Å². The summed E-state index contributed by atoms with van der Waals surface area (Å²) >= 11 is 0. The zero-order chi connectivity index (χ0) is 29.7. The Bertz CT molecular complexity index is 1290. The number of aryl methyl sites for hydroxylation is 1. The van der Waals surface area contributed by atoms with Gasteiger partial charge in [-0.05, 0) is 71.9 Å². The largest absolute Gasteiger partial charge is 0.206 e. The molecule has 0 bridgehead atoms. The fourth-order valence-corrected chi connectivity index (χ4v) is 6.33. The third-order valence-corrected chi connectivity index (χ3v) is 9.04. The summed E-state index contributed by atoms with van der Waals surface area (Å²) in [6.07, 6.45) is 20.7. The first-order chi connectivity index (χ1) is 20.5. The number of unbranched alkanes of at least 4 members (excludes halogenated alkanes) is 9. The zero-order valence-corrected chi connectivity index (χ0v) is 25.8. The van der Waals surface area contributed by atoms with Crippen molar-refractivity contribution in [3.8, 4) is 22.3 Å². The molecule has 3 aromatic rings. The molecule has 226 valence electrons. The van der Waals surface area contributed by atoms with Crippen molar-refractivity contribution in [1.82, 2.24) is 0 Å². The van der Waals surface area contributed by atoms with E-state index in [1.54, 1.807) is 42.5 Å². The lowest BCUT2D eigenvalue weighted by atomic mass is 9.83. The average molecular weight is 575 g/mol. The van der Waals surface area contributed by atoms with Crippen LogP contribution in [0.1, 0.15) is 121 Å². The molecular weight excluding hydrogens is 525 g/mol. The first kappa shape index (κ1) is 32.1. The lowest BCUT2D eigenvalue weighted by Gasteiger charge is -2.22. The standard InChI is InChI=1S/C39H49F3/c1-3-5-7-8-9-10-11-13-15-33-24-27-36(39(42)38(33)41)32-22-20-31(21-23-32)35-26-25-34(28-37(35)40)30-18-16-29(17-19-30)14-12-6-4-2/h18,20-29H,3-17,19H2,1-2H3. The van der Waals surface area contributed by atoms with Crippen LogP contribution in [0.3, 0.4) is 0 Å². The van der Waals surface area contributed by atoms with E-state index in [1.807, 2.05) is 12.1 Å². The molecular formula is C39H49F3. The van der Waals surface area contributed by atoms with Gasteiger partial charge in [0.15, 0.2) is 11.6 Å². The minimum atomic E-state index is -0.802. The highest BCUT2D eigenvalue weighted by molar-refractivity contribution is 5.74. The summed E-state index contributed by atoms with van der Waals surface area (Å²) in [4.78, 5) is 0. The molecule has 1 aliphatic carbocycles. The van der Waals surface area contributed by atoms with E-state index in [1.165, 1.54) is 69.8 Å².